The maximum absolute atomic E-state index is 11.3. The standard InChI is InChI=1S/C13H15NO3/c1-7-5-6-9(17-4)12-10(7)11(13(15)16)8(2)14(12)3/h5-6H,1-4H3,(H,15,16). The summed E-state index contributed by atoms with van der Waals surface area (Å²) in [5.41, 5.74) is 2.88. The van der Waals surface area contributed by atoms with Gasteiger partial charge in [0.05, 0.1) is 18.2 Å². The first kappa shape index (κ1) is 11.5. The van der Waals surface area contributed by atoms with Crippen molar-refractivity contribution in [1.29, 1.82) is 0 Å². The fourth-order valence-corrected chi connectivity index (χ4v) is 2.26. The van der Waals surface area contributed by atoms with Gasteiger partial charge in [0.25, 0.3) is 0 Å². The van der Waals surface area contributed by atoms with Crippen molar-refractivity contribution in [1.82, 2.24) is 4.57 Å². The lowest BCUT2D eigenvalue weighted by Crippen LogP contribution is -1.99. The minimum atomic E-state index is -0.899. The van der Waals surface area contributed by atoms with Crippen molar-refractivity contribution < 1.29 is 14.6 Å². The van der Waals surface area contributed by atoms with Gasteiger partial charge in [0.2, 0.25) is 0 Å². The fourth-order valence-electron chi connectivity index (χ4n) is 2.26. The van der Waals surface area contributed by atoms with Crippen molar-refractivity contribution in [2.45, 2.75) is 13.8 Å². The van der Waals surface area contributed by atoms with Crippen LogP contribution in [0.25, 0.3) is 10.9 Å². The number of nitrogens with zero attached hydrogens (tertiary/aromatic N) is 1. The molecular weight excluding hydrogens is 218 g/mol. The van der Waals surface area contributed by atoms with Crippen LogP contribution < -0.4 is 4.74 Å². The SMILES string of the molecule is COc1ccc(C)c2c(C(=O)O)c(C)n(C)c12. The summed E-state index contributed by atoms with van der Waals surface area (Å²) in [6.07, 6.45) is 0. The van der Waals surface area contributed by atoms with Crippen molar-refractivity contribution in [2.75, 3.05) is 7.11 Å². The van der Waals surface area contributed by atoms with Crippen LogP contribution in [-0.4, -0.2) is 22.8 Å². The van der Waals surface area contributed by atoms with Crippen molar-refractivity contribution in [3.63, 3.8) is 0 Å². The first-order chi connectivity index (χ1) is 7.99. The van der Waals surface area contributed by atoms with Gasteiger partial charge in [-0.1, -0.05) is 6.07 Å². The lowest BCUT2D eigenvalue weighted by molar-refractivity contribution is 0.0698. The predicted molar refractivity (Wildman–Crippen MR) is 65.9 cm³/mol. The highest BCUT2D eigenvalue weighted by Crippen LogP contribution is 2.34. The number of aromatic nitrogens is 1. The molecule has 4 nitrogen and oxygen atoms in total. The molecule has 1 aromatic heterocycles. The molecule has 1 N–H and O–H groups in total. The number of fused-ring (bicyclic) bond motifs is 1. The molecule has 0 aliphatic heterocycles. The number of carboxylic acid groups (broad SMARTS) is 1. The van der Waals surface area contributed by atoms with E-state index in [1.54, 1.807) is 7.11 Å². The Kier molecular flexibility index (Phi) is 2.58. The van der Waals surface area contributed by atoms with E-state index in [-0.39, 0.29) is 0 Å². The molecule has 0 saturated heterocycles. The average molecular weight is 233 g/mol. The molecule has 0 radical (unpaired) electrons. The van der Waals surface area contributed by atoms with Crippen LogP contribution in [0, 0.1) is 13.8 Å². The summed E-state index contributed by atoms with van der Waals surface area (Å²) in [7, 11) is 3.44. The number of rotatable bonds is 2. The molecule has 1 aromatic carbocycles. The minimum absolute atomic E-state index is 0.360. The molecule has 0 fully saturated rings. The summed E-state index contributed by atoms with van der Waals surface area (Å²) in [6, 6.07) is 3.75. The Labute approximate surface area is 99.4 Å². The quantitative estimate of drug-likeness (QED) is 0.867. The highest BCUT2D eigenvalue weighted by Gasteiger charge is 2.21. The van der Waals surface area contributed by atoms with Crippen LogP contribution in [0.3, 0.4) is 0 Å². The Bertz CT molecular complexity index is 611. The van der Waals surface area contributed by atoms with E-state index >= 15 is 0 Å². The van der Waals surface area contributed by atoms with Crippen LogP contribution in [0.2, 0.25) is 0 Å². The third-order valence-electron chi connectivity index (χ3n) is 3.23. The van der Waals surface area contributed by atoms with Crippen LogP contribution >= 0.6 is 0 Å². The first-order valence-corrected chi connectivity index (χ1v) is 5.35. The average Bonchev–Trinajstić information content (AvgIpc) is 2.55. The van der Waals surface area contributed by atoms with Gasteiger partial charge in [0.1, 0.15) is 5.75 Å². The Hall–Kier alpha value is -1.97. The van der Waals surface area contributed by atoms with E-state index in [1.165, 1.54) is 0 Å². The second-order valence-electron chi connectivity index (χ2n) is 4.13. The number of methoxy groups -OCH3 is 1. The molecule has 0 amide bonds. The summed E-state index contributed by atoms with van der Waals surface area (Å²) in [6.45, 7) is 3.72. The highest BCUT2D eigenvalue weighted by molar-refractivity contribution is 6.08. The molecule has 0 aliphatic carbocycles. The monoisotopic (exact) mass is 233 g/mol. The molecule has 2 rings (SSSR count). The Morgan fingerprint density at radius 3 is 2.53 bits per heavy atom. The zero-order chi connectivity index (χ0) is 12.7. The van der Waals surface area contributed by atoms with E-state index in [4.69, 9.17) is 4.74 Å². The van der Waals surface area contributed by atoms with E-state index in [1.807, 2.05) is 37.6 Å². The number of ether oxygens (including phenoxy) is 1. The smallest absolute Gasteiger partial charge is 0.338 e. The predicted octanol–water partition coefficient (Wildman–Crippen LogP) is 2.50. The maximum Gasteiger partial charge on any atom is 0.338 e. The Morgan fingerprint density at radius 1 is 1.35 bits per heavy atom. The number of carbonyl (C=O) groups is 1. The molecule has 0 saturated carbocycles. The normalized spacial score (nSPS) is 10.8. The number of hydrogen-bond acceptors (Lipinski definition) is 2. The lowest BCUT2D eigenvalue weighted by atomic mass is 10.1. The van der Waals surface area contributed by atoms with Crippen LogP contribution in [-0.2, 0) is 7.05 Å². The molecule has 0 atom stereocenters. The molecular formula is C13H15NO3. The van der Waals surface area contributed by atoms with Gasteiger partial charge in [-0.05, 0) is 25.5 Å². The molecule has 0 unspecified atom stereocenters. The van der Waals surface area contributed by atoms with Gasteiger partial charge >= 0.3 is 5.97 Å². The van der Waals surface area contributed by atoms with Crippen LogP contribution in [0.1, 0.15) is 21.6 Å². The number of benzene rings is 1. The zero-order valence-corrected chi connectivity index (χ0v) is 10.4. The molecule has 2 aromatic rings. The fraction of sp³-hybridized carbons (Fsp3) is 0.308. The Balaban J connectivity index is 3.03. The van der Waals surface area contributed by atoms with Crippen LogP contribution in [0.5, 0.6) is 5.75 Å². The van der Waals surface area contributed by atoms with Crippen molar-refractivity contribution in [2.24, 2.45) is 7.05 Å². The second-order valence-corrected chi connectivity index (χ2v) is 4.13. The minimum Gasteiger partial charge on any atom is -0.495 e. The van der Waals surface area contributed by atoms with Gasteiger partial charge in [-0.2, -0.15) is 0 Å². The third kappa shape index (κ3) is 1.48. The molecule has 0 bridgehead atoms. The Morgan fingerprint density at radius 2 is 2.00 bits per heavy atom. The largest absolute Gasteiger partial charge is 0.495 e. The van der Waals surface area contributed by atoms with Crippen LogP contribution in [0.4, 0.5) is 0 Å². The van der Waals surface area contributed by atoms with Gasteiger partial charge in [0.15, 0.2) is 0 Å². The van der Waals surface area contributed by atoms with E-state index in [0.717, 1.165) is 22.2 Å². The lowest BCUT2D eigenvalue weighted by Gasteiger charge is -2.06. The first-order valence-electron chi connectivity index (χ1n) is 5.35. The van der Waals surface area contributed by atoms with E-state index in [9.17, 15) is 9.90 Å². The molecule has 0 spiro atoms. The number of carboxylic acids is 1. The maximum atomic E-state index is 11.3. The van der Waals surface area contributed by atoms with Gasteiger partial charge < -0.3 is 14.4 Å². The van der Waals surface area contributed by atoms with Gasteiger partial charge in [-0.3, -0.25) is 0 Å². The number of aryl methyl sites for hydroxylation is 2. The highest BCUT2D eigenvalue weighted by atomic mass is 16.5. The third-order valence-corrected chi connectivity index (χ3v) is 3.23. The van der Waals surface area contributed by atoms with E-state index in [0.29, 0.717) is 11.3 Å². The summed E-state index contributed by atoms with van der Waals surface area (Å²) < 4.78 is 7.16. The molecule has 1 heterocycles. The van der Waals surface area contributed by atoms with Crippen molar-refractivity contribution in [3.8, 4) is 5.75 Å². The molecule has 0 aliphatic rings. The molecule has 4 heteroatoms. The van der Waals surface area contributed by atoms with Crippen molar-refractivity contribution >= 4 is 16.9 Å². The second kappa shape index (κ2) is 3.80. The summed E-state index contributed by atoms with van der Waals surface area (Å²) in [4.78, 5) is 11.3. The van der Waals surface area contributed by atoms with Crippen LogP contribution in [0.15, 0.2) is 12.1 Å². The number of hydrogen-bond donors (Lipinski definition) is 1. The van der Waals surface area contributed by atoms with Gasteiger partial charge in [-0.25, -0.2) is 4.79 Å². The van der Waals surface area contributed by atoms with E-state index < -0.39 is 5.97 Å². The summed E-state index contributed by atoms with van der Waals surface area (Å²) >= 11 is 0. The molecule has 90 valence electrons. The zero-order valence-electron chi connectivity index (χ0n) is 10.4. The van der Waals surface area contributed by atoms with Gasteiger partial charge in [-0.15, -0.1) is 0 Å². The number of aromatic carboxylic acids is 1. The topological polar surface area (TPSA) is 51.5 Å². The summed E-state index contributed by atoms with van der Waals surface area (Å²) in [5.74, 6) is -0.201. The van der Waals surface area contributed by atoms with Crippen molar-refractivity contribution in [3.05, 3.63) is 29.0 Å². The van der Waals surface area contributed by atoms with E-state index in [2.05, 4.69) is 0 Å². The molecule has 17 heavy (non-hydrogen) atoms. The summed E-state index contributed by atoms with van der Waals surface area (Å²) in [5, 5.41) is 10.1. The van der Waals surface area contributed by atoms with Gasteiger partial charge in [0, 0.05) is 18.1 Å².